The Bertz CT molecular complexity index is 615. The van der Waals surface area contributed by atoms with Crippen LogP contribution in [0.3, 0.4) is 0 Å². The molecule has 0 atom stereocenters. The number of ether oxygens (including phenoxy) is 1. The first-order valence-electron chi connectivity index (χ1n) is 10.3. The van der Waals surface area contributed by atoms with Crippen molar-refractivity contribution < 1.29 is 9.13 Å². The zero-order valence-corrected chi connectivity index (χ0v) is 16.4. The molecule has 1 fully saturated rings. The second-order valence-electron chi connectivity index (χ2n) is 7.40. The van der Waals surface area contributed by atoms with E-state index < -0.39 is 0 Å². The van der Waals surface area contributed by atoms with Gasteiger partial charge in [-0.1, -0.05) is 57.4 Å². The third-order valence-corrected chi connectivity index (χ3v) is 5.18. The predicted octanol–water partition coefficient (Wildman–Crippen LogP) is 6.91. The van der Waals surface area contributed by atoms with Crippen molar-refractivity contribution in [3.63, 3.8) is 0 Å². The van der Waals surface area contributed by atoms with E-state index in [0.717, 1.165) is 12.3 Å². The topological polar surface area (TPSA) is 9.23 Å². The zero-order valence-electron chi connectivity index (χ0n) is 16.4. The molecule has 0 amide bonds. The minimum atomic E-state index is -0.313. The molecule has 0 unspecified atom stereocenters. The lowest BCUT2D eigenvalue weighted by Gasteiger charge is -2.26. The fourth-order valence-electron chi connectivity index (χ4n) is 3.56. The molecule has 142 valence electrons. The maximum Gasteiger partial charge on any atom is 0.142 e. The average Bonchev–Trinajstić information content (AvgIpc) is 2.66. The molecule has 1 saturated carbocycles. The minimum absolute atomic E-state index is 0.313. The molecule has 0 spiro atoms. The SMILES string of the molecule is CCCCC[C@H]1CC[C@H](/C=C/C#Cc2ccc(OCCC)cc2F)CC1. The van der Waals surface area contributed by atoms with Crippen LogP contribution < -0.4 is 4.74 Å². The van der Waals surface area contributed by atoms with E-state index in [0.29, 0.717) is 23.8 Å². The summed E-state index contributed by atoms with van der Waals surface area (Å²) in [7, 11) is 0. The third-order valence-electron chi connectivity index (χ3n) is 5.18. The molecule has 1 aromatic rings. The molecule has 0 N–H and O–H groups in total. The number of allylic oxidation sites excluding steroid dienone is 2. The summed E-state index contributed by atoms with van der Waals surface area (Å²) in [4.78, 5) is 0. The quantitative estimate of drug-likeness (QED) is 0.363. The lowest BCUT2D eigenvalue weighted by molar-refractivity contribution is 0.289. The van der Waals surface area contributed by atoms with Crippen LogP contribution >= 0.6 is 0 Å². The minimum Gasteiger partial charge on any atom is -0.494 e. The van der Waals surface area contributed by atoms with Crippen molar-refractivity contribution in [2.45, 2.75) is 71.6 Å². The van der Waals surface area contributed by atoms with E-state index in [4.69, 9.17) is 4.74 Å². The summed E-state index contributed by atoms with van der Waals surface area (Å²) >= 11 is 0. The molecule has 1 nitrogen and oxygen atoms in total. The van der Waals surface area contributed by atoms with E-state index in [1.54, 1.807) is 12.1 Å². The highest BCUT2D eigenvalue weighted by Crippen LogP contribution is 2.32. The third kappa shape index (κ3) is 7.24. The number of benzene rings is 1. The van der Waals surface area contributed by atoms with Crippen LogP contribution in [0, 0.1) is 29.5 Å². The Balaban J connectivity index is 1.77. The Morgan fingerprint density at radius 1 is 1.12 bits per heavy atom. The molecular weight excluding hydrogens is 323 g/mol. The van der Waals surface area contributed by atoms with Gasteiger partial charge in [0.05, 0.1) is 12.2 Å². The first-order valence-corrected chi connectivity index (χ1v) is 10.3. The van der Waals surface area contributed by atoms with Crippen LogP contribution in [0.2, 0.25) is 0 Å². The Hall–Kier alpha value is -1.75. The second kappa shape index (κ2) is 11.8. The molecule has 0 radical (unpaired) electrons. The van der Waals surface area contributed by atoms with Crippen molar-refractivity contribution in [2.24, 2.45) is 11.8 Å². The number of unbranched alkanes of at least 4 members (excludes halogenated alkanes) is 2. The van der Waals surface area contributed by atoms with Gasteiger partial charge in [-0.15, -0.1) is 0 Å². The first-order chi connectivity index (χ1) is 12.7. The molecule has 0 heterocycles. The highest BCUT2D eigenvalue weighted by atomic mass is 19.1. The number of halogens is 1. The summed E-state index contributed by atoms with van der Waals surface area (Å²) in [6.07, 6.45) is 15.7. The van der Waals surface area contributed by atoms with Crippen LogP contribution in [0.1, 0.15) is 77.2 Å². The Morgan fingerprint density at radius 2 is 1.92 bits per heavy atom. The molecule has 2 heteroatoms. The fourth-order valence-corrected chi connectivity index (χ4v) is 3.56. The molecule has 26 heavy (non-hydrogen) atoms. The summed E-state index contributed by atoms with van der Waals surface area (Å²) < 4.78 is 19.5. The van der Waals surface area contributed by atoms with Crippen molar-refractivity contribution in [1.29, 1.82) is 0 Å². The van der Waals surface area contributed by atoms with Gasteiger partial charge in [-0.3, -0.25) is 0 Å². The Labute approximate surface area is 159 Å². The normalized spacial score (nSPS) is 20.0. The van der Waals surface area contributed by atoms with E-state index in [1.165, 1.54) is 57.4 Å². The smallest absolute Gasteiger partial charge is 0.142 e. The summed E-state index contributed by atoms with van der Waals surface area (Å²) in [5.41, 5.74) is 0.429. The van der Waals surface area contributed by atoms with Crippen LogP contribution in [0.5, 0.6) is 5.75 Å². The van der Waals surface area contributed by atoms with Crippen LogP contribution in [0.4, 0.5) is 4.39 Å². The van der Waals surface area contributed by atoms with Crippen molar-refractivity contribution in [3.05, 3.63) is 41.7 Å². The Kier molecular flexibility index (Phi) is 9.32. The van der Waals surface area contributed by atoms with Gasteiger partial charge in [0.15, 0.2) is 0 Å². The summed E-state index contributed by atoms with van der Waals surface area (Å²) in [5.74, 6) is 7.73. The van der Waals surface area contributed by atoms with Crippen LogP contribution in [-0.2, 0) is 0 Å². The molecule has 0 bridgehead atoms. The largest absolute Gasteiger partial charge is 0.494 e. The molecule has 2 rings (SSSR count). The molecule has 1 aromatic carbocycles. The number of hydrogen-bond acceptors (Lipinski definition) is 1. The van der Waals surface area contributed by atoms with Crippen LogP contribution in [0.25, 0.3) is 0 Å². The number of hydrogen-bond donors (Lipinski definition) is 0. The van der Waals surface area contributed by atoms with Gasteiger partial charge in [-0.25, -0.2) is 4.39 Å². The Morgan fingerprint density at radius 3 is 2.62 bits per heavy atom. The van der Waals surface area contributed by atoms with Crippen LogP contribution in [0.15, 0.2) is 30.4 Å². The van der Waals surface area contributed by atoms with Crippen molar-refractivity contribution in [3.8, 4) is 17.6 Å². The maximum atomic E-state index is 14.0. The van der Waals surface area contributed by atoms with Gasteiger partial charge >= 0.3 is 0 Å². The summed E-state index contributed by atoms with van der Waals surface area (Å²) in [5, 5.41) is 0. The monoisotopic (exact) mass is 356 g/mol. The molecular formula is C24H33FO. The predicted molar refractivity (Wildman–Crippen MR) is 108 cm³/mol. The van der Waals surface area contributed by atoms with E-state index in [2.05, 4.69) is 24.8 Å². The van der Waals surface area contributed by atoms with E-state index in [9.17, 15) is 4.39 Å². The van der Waals surface area contributed by atoms with E-state index >= 15 is 0 Å². The standard InChI is InChI=1S/C24H33FO/c1-3-5-6-9-20-12-14-21(15-13-20)10-7-8-11-22-16-17-23(19-24(22)25)26-18-4-2/h7,10,16-17,19-21H,3-6,9,12-15,18H2,1-2H3/b10-7+/t20-,21-. The van der Waals surface area contributed by atoms with Gasteiger partial charge in [0.25, 0.3) is 0 Å². The van der Waals surface area contributed by atoms with Crippen molar-refractivity contribution in [2.75, 3.05) is 6.61 Å². The second-order valence-corrected chi connectivity index (χ2v) is 7.40. The molecule has 0 aliphatic heterocycles. The molecule has 0 saturated heterocycles. The van der Waals surface area contributed by atoms with Gasteiger partial charge < -0.3 is 4.74 Å². The lowest BCUT2D eigenvalue weighted by atomic mass is 9.79. The van der Waals surface area contributed by atoms with Gasteiger partial charge in [0, 0.05) is 6.07 Å². The highest BCUT2D eigenvalue weighted by Gasteiger charge is 2.18. The van der Waals surface area contributed by atoms with Gasteiger partial charge in [0.1, 0.15) is 11.6 Å². The van der Waals surface area contributed by atoms with Crippen LogP contribution in [-0.4, -0.2) is 6.61 Å². The van der Waals surface area contributed by atoms with E-state index in [1.807, 2.05) is 13.0 Å². The van der Waals surface area contributed by atoms with Gasteiger partial charge in [0.2, 0.25) is 0 Å². The van der Waals surface area contributed by atoms with E-state index in [-0.39, 0.29) is 5.82 Å². The van der Waals surface area contributed by atoms with Gasteiger partial charge in [-0.2, -0.15) is 0 Å². The maximum absolute atomic E-state index is 14.0. The first kappa shape index (κ1) is 20.6. The molecule has 1 aliphatic carbocycles. The zero-order chi connectivity index (χ0) is 18.6. The van der Waals surface area contributed by atoms with Crippen molar-refractivity contribution >= 4 is 0 Å². The summed E-state index contributed by atoms with van der Waals surface area (Å²) in [6, 6.07) is 4.90. The molecule has 1 aliphatic rings. The summed E-state index contributed by atoms with van der Waals surface area (Å²) in [6.45, 7) is 4.90. The molecule has 0 aromatic heterocycles. The fraction of sp³-hybridized carbons (Fsp3) is 0.583. The van der Waals surface area contributed by atoms with Crippen molar-refractivity contribution in [1.82, 2.24) is 0 Å². The average molecular weight is 357 g/mol. The van der Waals surface area contributed by atoms with Gasteiger partial charge in [-0.05, 0) is 62.1 Å². The number of rotatable bonds is 8. The lowest BCUT2D eigenvalue weighted by Crippen LogP contribution is -2.12. The highest BCUT2D eigenvalue weighted by molar-refractivity contribution is 5.41.